The zero-order chi connectivity index (χ0) is 11.4. The average molecular weight is 251 g/mol. The van der Waals surface area contributed by atoms with E-state index in [9.17, 15) is 0 Å². The number of rotatable bonds is 2. The number of hydrogen-bond donors (Lipinski definition) is 1. The Morgan fingerprint density at radius 1 is 1.50 bits per heavy atom. The van der Waals surface area contributed by atoms with Crippen LogP contribution in [-0.4, -0.2) is 9.97 Å². The third kappa shape index (κ3) is 2.68. The topological polar surface area (TPSA) is 24.9 Å². The summed E-state index contributed by atoms with van der Waals surface area (Å²) in [6, 6.07) is 3.69. The summed E-state index contributed by atoms with van der Waals surface area (Å²) in [7, 11) is 0. The van der Waals surface area contributed by atoms with Gasteiger partial charge in [0, 0.05) is 17.5 Å². The van der Waals surface area contributed by atoms with Crippen molar-refractivity contribution >= 4 is 28.8 Å². The molecule has 0 bridgehead atoms. The third-order valence-electron chi connectivity index (χ3n) is 2.29. The minimum absolute atomic E-state index is 0.437. The molecule has 0 amide bonds. The first kappa shape index (κ1) is 11.3. The highest BCUT2D eigenvalue weighted by Gasteiger charge is 2.08. The number of allylic oxidation sites excluding steroid dienone is 4. The quantitative estimate of drug-likeness (QED) is 0.644. The predicted octanol–water partition coefficient (Wildman–Crippen LogP) is 3.23. The molecule has 1 aliphatic carbocycles. The number of aromatic nitrogens is 1. The minimum Gasteiger partial charge on any atom is -0.349 e. The Morgan fingerprint density at radius 2 is 2.38 bits per heavy atom. The molecule has 0 fully saturated rings. The van der Waals surface area contributed by atoms with Gasteiger partial charge in [0.05, 0.1) is 0 Å². The van der Waals surface area contributed by atoms with Crippen molar-refractivity contribution in [2.45, 2.75) is 12.8 Å². The second-order valence-electron chi connectivity index (χ2n) is 3.45. The van der Waals surface area contributed by atoms with Gasteiger partial charge in [0.2, 0.25) is 0 Å². The standard InChI is InChI=1S/C12H11ClN2S/c13-11-10(7-4-8-14-11)12(16)15-9-5-2-1-3-6-9/h1-2,4-5,7-8H,3,6H2,(H,15,16). The SMILES string of the molecule is S=C(NC1=CC=CCC1)c1cccnc1Cl. The summed E-state index contributed by atoms with van der Waals surface area (Å²) in [4.78, 5) is 4.62. The molecule has 0 atom stereocenters. The lowest BCUT2D eigenvalue weighted by Gasteiger charge is -2.13. The lowest BCUT2D eigenvalue weighted by atomic mass is 10.1. The number of halogens is 1. The Hall–Kier alpha value is -1.19. The van der Waals surface area contributed by atoms with Crippen molar-refractivity contribution in [1.82, 2.24) is 10.3 Å². The molecule has 0 unspecified atom stereocenters. The van der Waals surface area contributed by atoms with Crippen molar-refractivity contribution in [2.24, 2.45) is 0 Å². The van der Waals surface area contributed by atoms with E-state index in [1.807, 2.05) is 24.3 Å². The molecule has 0 saturated heterocycles. The lowest BCUT2D eigenvalue weighted by Crippen LogP contribution is -2.22. The van der Waals surface area contributed by atoms with E-state index in [1.54, 1.807) is 6.20 Å². The van der Waals surface area contributed by atoms with E-state index in [2.05, 4.69) is 16.4 Å². The van der Waals surface area contributed by atoms with Gasteiger partial charge in [-0.1, -0.05) is 36.0 Å². The molecule has 1 aromatic rings. The first-order valence-electron chi connectivity index (χ1n) is 5.05. The van der Waals surface area contributed by atoms with Crippen LogP contribution in [0.4, 0.5) is 0 Å². The highest BCUT2D eigenvalue weighted by Crippen LogP contribution is 2.14. The van der Waals surface area contributed by atoms with Gasteiger partial charge in [-0.3, -0.25) is 0 Å². The molecular weight excluding hydrogens is 240 g/mol. The molecule has 1 N–H and O–H groups in total. The number of pyridine rings is 1. The average Bonchev–Trinajstić information content (AvgIpc) is 2.31. The van der Waals surface area contributed by atoms with Crippen LogP contribution in [0.2, 0.25) is 5.15 Å². The van der Waals surface area contributed by atoms with Crippen LogP contribution in [0.3, 0.4) is 0 Å². The number of nitrogens with one attached hydrogen (secondary N) is 1. The van der Waals surface area contributed by atoms with Crippen molar-refractivity contribution in [1.29, 1.82) is 0 Å². The fraction of sp³-hybridized carbons (Fsp3) is 0.167. The highest BCUT2D eigenvalue weighted by atomic mass is 35.5. The Bertz CT molecular complexity index is 466. The molecule has 0 spiro atoms. The summed E-state index contributed by atoms with van der Waals surface area (Å²) in [6.07, 6.45) is 9.86. The smallest absolute Gasteiger partial charge is 0.139 e. The Balaban J connectivity index is 2.12. The first-order valence-corrected chi connectivity index (χ1v) is 5.83. The zero-order valence-corrected chi connectivity index (χ0v) is 10.2. The number of hydrogen-bond acceptors (Lipinski definition) is 2. The maximum Gasteiger partial charge on any atom is 0.139 e. The lowest BCUT2D eigenvalue weighted by molar-refractivity contribution is 0.896. The van der Waals surface area contributed by atoms with Gasteiger partial charge in [0.25, 0.3) is 0 Å². The van der Waals surface area contributed by atoms with Crippen molar-refractivity contribution in [3.05, 3.63) is 53.0 Å². The van der Waals surface area contributed by atoms with Crippen LogP contribution in [0.25, 0.3) is 0 Å². The highest BCUT2D eigenvalue weighted by molar-refractivity contribution is 7.80. The fourth-order valence-corrected chi connectivity index (χ4v) is 2.04. The molecule has 2 nitrogen and oxygen atoms in total. The summed E-state index contributed by atoms with van der Waals surface area (Å²) in [6.45, 7) is 0. The molecule has 4 heteroatoms. The molecule has 1 aliphatic rings. The van der Waals surface area contributed by atoms with E-state index in [0.717, 1.165) is 24.1 Å². The number of thiocarbonyl (C=S) groups is 1. The molecule has 0 radical (unpaired) electrons. The van der Waals surface area contributed by atoms with Gasteiger partial charge >= 0.3 is 0 Å². The third-order valence-corrected chi connectivity index (χ3v) is 2.91. The van der Waals surface area contributed by atoms with E-state index in [4.69, 9.17) is 23.8 Å². The summed E-state index contributed by atoms with van der Waals surface area (Å²) >= 11 is 11.3. The van der Waals surface area contributed by atoms with E-state index in [-0.39, 0.29) is 0 Å². The van der Waals surface area contributed by atoms with Crippen LogP contribution in [-0.2, 0) is 0 Å². The largest absolute Gasteiger partial charge is 0.349 e. The minimum atomic E-state index is 0.437. The Labute approximate surface area is 105 Å². The zero-order valence-electron chi connectivity index (χ0n) is 8.61. The van der Waals surface area contributed by atoms with Crippen LogP contribution in [0, 0.1) is 0 Å². The first-order chi connectivity index (χ1) is 7.77. The summed E-state index contributed by atoms with van der Waals surface area (Å²) in [5.74, 6) is 0. The van der Waals surface area contributed by atoms with Gasteiger partial charge in [0.1, 0.15) is 10.1 Å². The van der Waals surface area contributed by atoms with Gasteiger partial charge in [-0.05, 0) is 31.1 Å². The van der Waals surface area contributed by atoms with Crippen LogP contribution in [0.15, 0.2) is 42.3 Å². The fourth-order valence-electron chi connectivity index (χ4n) is 1.48. The summed E-state index contributed by atoms with van der Waals surface area (Å²) in [5, 5.41) is 3.63. The van der Waals surface area contributed by atoms with Crippen molar-refractivity contribution < 1.29 is 0 Å². The van der Waals surface area contributed by atoms with Gasteiger partial charge in [-0.2, -0.15) is 0 Å². The van der Waals surface area contributed by atoms with Gasteiger partial charge in [-0.25, -0.2) is 4.98 Å². The molecule has 0 aliphatic heterocycles. The summed E-state index contributed by atoms with van der Waals surface area (Å²) < 4.78 is 0. The van der Waals surface area contributed by atoms with Crippen LogP contribution < -0.4 is 5.32 Å². The van der Waals surface area contributed by atoms with Gasteiger partial charge < -0.3 is 5.32 Å². The maximum atomic E-state index is 5.96. The van der Waals surface area contributed by atoms with E-state index >= 15 is 0 Å². The number of nitrogens with zero attached hydrogens (tertiary/aromatic N) is 1. The maximum absolute atomic E-state index is 5.96. The van der Waals surface area contributed by atoms with Crippen molar-refractivity contribution in [2.75, 3.05) is 0 Å². The second kappa shape index (κ2) is 5.23. The molecule has 82 valence electrons. The van der Waals surface area contributed by atoms with E-state index in [0.29, 0.717) is 10.1 Å². The molecule has 0 aromatic carbocycles. The normalized spacial score (nSPS) is 14.4. The van der Waals surface area contributed by atoms with Gasteiger partial charge in [-0.15, -0.1) is 0 Å². The molecule has 1 aromatic heterocycles. The monoisotopic (exact) mass is 250 g/mol. The molecular formula is C12H11ClN2S. The van der Waals surface area contributed by atoms with Crippen LogP contribution in [0.5, 0.6) is 0 Å². The van der Waals surface area contributed by atoms with Crippen LogP contribution >= 0.6 is 23.8 Å². The van der Waals surface area contributed by atoms with Crippen LogP contribution in [0.1, 0.15) is 18.4 Å². The summed E-state index contributed by atoms with van der Waals surface area (Å²) in [5.41, 5.74) is 1.89. The predicted molar refractivity (Wildman–Crippen MR) is 70.5 cm³/mol. The molecule has 1 heterocycles. The van der Waals surface area contributed by atoms with Crippen molar-refractivity contribution in [3.63, 3.8) is 0 Å². The van der Waals surface area contributed by atoms with Gasteiger partial charge in [0.15, 0.2) is 0 Å². The molecule has 2 rings (SSSR count). The van der Waals surface area contributed by atoms with Crippen molar-refractivity contribution in [3.8, 4) is 0 Å². The molecule has 0 saturated carbocycles. The molecule has 16 heavy (non-hydrogen) atoms. The second-order valence-corrected chi connectivity index (χ2v) is 4.22. The van der Waals surface area contributed by atoms with E-state index < -0.39 is 0 Å². The van der Waals surface area contributed by atoms with E-state index in [1.165, 1.54) is 0 Å². The Morgan fingerprint density at radius 3 is 3.06 bits per heavy atom. The Kier molecular flexibility index (Phi) is 3.70.